The standard InChI is InChI=1S/C4H8N2O2/c5-2-1-3(6)4(7)8/h2-3,5H,1,6H2,(H,7,8). The molecule has 0 amide bonds. The molecule has 0 bridgehead atoms. The van der Waals surface area contributed by atoms with Gasteiger partial charge >= 0.3 is 5.97 Å². The summed E-state index contributed by atoms with van der Waals surface area (Å²) >= 11 is 0. The fraction of sp³-hybridized carbons (Fsp3) is 0.500. The lowest BCUT2D eigenvalue weighted by Gasteiger charge is -1.97. The molecule has 0 spiro atoms. The highest BCUT2D eigenvalue weighted by molar-refractivity contribution is 5.76. The predicted molar refractivity (Wildman–Crippen MR) is 29.0 cm³/mol. The topological polar surface area (TPSA) is 87.2 Å². The van der Waals surface area contributed by atoms with Gasteiger partial charge < -0.3 is 16.2 Å². The molecule has 0 fully saturated rings. The molecule has 1 atom stereocenters. The van der Waals surface area contributed by atoms with Crippen molar-refractivity contribution in [2.24, 2.45) is 5.73 Å². The molecule has 0 heterocycles. The third-order valence-electron chi connectivity index (χ3n) is 0.689. The smallest absolute Gasteiger partial charge is 0.320 e. The summed E-state index contributed by atoms with van der Waals surface area (Å²) in [6, 6.07) is -0.910. The maximum atomic E-state index is 9.86. The number of nitrogens with one attached hydrogen (secondary N) is 1. The molecule has 0 aliphatic heterocycles. The van der Waals surface area contributed by atoms with E-state index in [4.69, 9.17) is 16.2 Å². The van der Waals surface area contributed by atoms with Crippen LogP contribution in [0.2, 0.25) is 0 Å². The highest BCUT2D eigenvalue weighted by Crippen LogP contribution is 1.81. The molecule has 4 nitrogen and oxygen atoms in total. The highest BCUT2D eigenvalue weighted by Gasteiger charge is 2.07. The Balaban J connectivity index is 3.46. The molecule has 0 aromatic heterocycles. The van der Waals surface area contributed by atoms with E-state index in [0.29, 0.717) is 0 Å². The van der Waals surface area contributed by atoms with Crippen molar-refractivity contribution >= 4 is 12.2 Å². The van der Waals surface area contributed by atoms with Gasteiger partial charge in [-0.05, 0) is 6.21 Å². The van der Waals surface area contributed by atoms with Gasteiger partial charge in [-0.3, -0.25) is 4.79 Å². The van der Waals surface area contributed by atoms with E-state index in [-0.39, 0.29) is 6.42 Å². The Kier molecular flexibility index (Phi) is 2.79. The number of rotatable bonds is 3. The number of carboxylic acids is 1. The molecule has 0 saturated carbocycles. The summed E-state index contributed by atoms with van der Waals surface area (Å²) in [6.07, 6.45) is 1.09. The van der Waals surface area contributed by atoms with E-state index in [0.717, 1.165) is 6.21 Å². The first-order chi connectivity index (χ1) is 3.68. The minimum Gasteiger partial charge on any atom is -0.480 e. The molecule has 46 valence electrons. The summed E-state index contributed by atoms with van der Waals surface area (Å²) in [5.41, 5.74) is 4.98. The molecule has 4 N–H and O–H groups in total. The van der Waals surface area contributed by atoms with E-state index >= 15 is 0 Å². The Bertz CT molecular complexity index is 102. The van der Waals surface area contributed by atoms with Gasteiger partial charge in [0.05, 0.1) is 0 Å². The molecule has 1 unspecified atom stereocenters. The van der Waals surface area contributed by atoms with Crippen LogP contribution in [0.5, 0.6) is 0 Å². The lowest BCUT2D eigenvalue weighted by molar-refractivity contribution is -0.138. The zero-order valence-electron chi connectivity index (χ0n) is 4.29. The van der Waals surface area contributed by atoms with Gasteiger partial charge in [-0.25, -0.2) is 0 Å². The second kappa shape index (κ2) is 3.15. The van der Waals surface area contributed by atoms with Crippen LogP contribution in [0.1, 0.15) is 6.42 Å². The first kappa shape index (κ1) is 7.10. The Morgan fingerprint density at radius 1 is 2.00 bits per heavy atom. The first-order valence-electron chi connectivity index (χ1n) is 2.15. The van der Waals surface area contributed by atoms with E-state index in [2.05, 4.69) is 0 Å². The summed E-state index contributed by atoms with van der Waals surface area (Å²) in [7, 11) is 0. The van der Waals surface area contributed by atoms with Gasteiger partial charge in [0.2, 0.25) is 0 Å². The Labute approximate surface area is 46.8 Å². The van der Waals surface area contributed by atoms with E-state index in [9.17, 15) is 4.79 Å². The Morgan fingerprint density at radius 3 is 2.62 bits per heavy atom. The highest BCUT2D eigenvalue weighted by atomic mass is 16.4. The van der Waals surface area contributed by atoms with Gasteiger partial charge in [0.1, 0.15) is 6.04 Å². The van der Waals surface area contributed by atoms with Gasteiger partial charge in [-0.15, -0.1) is 0 Å². The second-order valence-electron chi connectivity index (χ2n) is 1.38. The van der Waals surface area contributed by atoms with Gasteiger partial charge in [0.15, 0.2) is 0 Å². The zero-order chi connectivity index (χ0) is 6.57. The van der Waals surface area contributed by atoms with Crippen LogP contribution in [0.3, 0.4) is 0 Å². The van der Waals surface area contributed by atoms with E-state index < -0.39 is 12.0 Å². The third-order valence-corrected chi connectivity index (χ3v) is 0.689. The zero-order valence-corrected chi connectivity index (χ0v) is 4.29. The van der Waals surface area contributed by atoms with Crippen LogP contribution in [-0.4, -0.2) is 23.3 Å². The molecule has 0 aliphatic carbocycles. The molecule has 4 heteroatoms. The summed E-state index contributed by atoms with van der Waals surface area (Å²) in [5.74, 6) is -1.06. The summed E-state index contributed by atoms with van der Waals surface area (Å²) in [5, 5.41) is 14.5. The van der Waals surface area contributed by atoms with Crippen LogP contribution in [0.15, 0.2) is 0 Å². The molecule has 0 radical (unpaired) electrons. The molecular weight excluding hydrogens is 108 g/mol. The molecule has 0 rings (SSSR count). The molecule has 0 aromatic carbocycles. The number of nitrogens with two attached hydrogens (primary N) is 1. The van der Waals surface area contributed by atoms with Gasteiger partial charge in [0.25, 0.3) is 0 Å². The fourth-order valence-electron chi connectivity index (χ4n) is 0.228. The fourth-order valence-corrected chi connectivity index (χ4v) is 0.228. The molecule has 0 aliphatic rings. The summed E-state index contributed by atoms with van der Waals surface area (Å²) in [6.45, 7) is 0. The summed E-state index contributed by atoms with van der Waals surface area (Å²) in [4.78, 5) is 9.86. The first-order valence-corrected chi connectivity index (χ1v) is 2.15. The van der Waals surface area contributed by atoms with E-state index in [1.54, 1.807) is 0 Å². The van der Waals surface area contributed by atoms with Crippen LogP contribution in [0, 0.1) is 5.41 Å². The lowest BCUT2D eigenvalue weighted by Crippen LogP contribution is -2.29. The molecular formula is C4H8N2O2. The van der Waals surface area contributed by atoms with Gasteiger partial charge in [-0.1, -0.05) is 0 Å². The average molecular weight is 116 g/mol. The van der Waals surface area contributed by atoms with Gasteiger partial charge in [-0.2, -0.15) is 0 Å². The number of carboxylic acid groups (broad SMARTS) is 1. The summed E-state index contributed by atoms with van der Waals surface area (Å²) < 4.78 is 0. The van der Waals surface area contributed by atoms with Crippen LogP contribution in [-0.2, 0) is 4.79 Å². The second-order valence-corrected chi connectivity index (χ2v) is 1.38. The van der Waals surface area contributed by atoms with Crippen molar-refractivity contribution in [2.45, 2.75) is 12.5 Å². The van der Waals surface area contributed by atoms with Crippen molar-refractivity contribution in [1.29, 1.82) is 5.41 Å². The molecule has 8 heavy (non-hydrogen) atoms. The largest absolute Gasteiger partial charge is 0.480 e. The van der Waals surface area contributed by atoms with Crippen molar-refractivity contribution in [3.8, 4) is 0 Å². The van der Waals surface area contributed by atoms with Crippen LogP contribution in [0.25, 0.3) is 0 Å². The third kappa shape index (κ3) is 2.30. The van der Waals surface area contributed by atoms with E-state index in [1.165, 1.54) is 0 Å². The predicted octanol–water partition coefficient (Wildman–Crippen LogP) is -0.562. The number of aliphatic carboxylic acids is 1. The van der Waals surface area contributed by atoms with Crippen LogP contribution < -0.4 is 5.73 Å². The molecule has 0 aromatic rings. The monoisotopic (exact) mass is 116 g/mol. The minimum absolute atomic E-state index is 0.106. The molecule has 0 saturated heterocycles. The van der Waals surface area contributed by atoms with Crippen molar-refractivity contribution in [3.05, 3.63) is 0 Å². The van der Waals surface area contributed by atoms with Crippen molar-refractivity contribution < 1.29 is 9.90 Å². The minimum atomic E-state index is -1.06. The van der Waals surface area contributed by atoms with Crippen molar-refractivity contribution in [2.75, 3.05) is 0 Å². The average Bonchev–Trinajstić information content (AvgIpc) is 1.67. The quantitative estimate of drug-likeness (QED) is 0.432. The van der Waals surface area contributed by atoms with Crippen LogP contribution in [0.4, 0.5) is 0 Å². The van der Waals surface area contributed by atoms with Gasteiger partial charge in [0, 0.05) is 6.42 Å². The maximum Gasteiger partial charge on any atom is 0.320 e. The number of hydrogen-bond donors (Lipinski definition) is 3. The van der Waals surface area contributed by atoms with Crippen molar-refractivity contribution in [1.82, 2.24) is 0 Å². The Morgan fingerprint density at radius 2 is 2.50 bits per heavy atom. The normalized spacial score (nSPS) is 12.6. The number of hydrogen-bond acceptors (Lipinski definition) is 3. The number of carbonyl (C=O) groups is 1. The Hall–Kier alpha value is -0.900. The SMILES string of the molecule is N=CCC(N)C(=O)O. The maximum absolute atomic E-state index is 9.86. The lowest BCUT2D eigenvalue weighted by atomic mass is 10.2. The van der Waals surface area contributed by atoms with Crippen molar-refractivity contribution in [3.63, 3.8) is 0 Å². The van der Waals surface area contributed by atoms with Crippen LogP contribution >= 0.6 is 0 Å². The van der Waals surface area contributed by atoms with E-state index in [1.807, 2.05) is 0 Å².